The van der Waals surface area contributed by atoms with Crippen molar-refractivity contribution in [2.45, 2.75) is 11.3 Å². The number of carbonyl (C=O) groups excluding carboxylic acids is 1. The minimum absolute atomic E-state index is 0.0551. The Morgan fingerprint density at radius 2 is 1.66 bits per heavy atom. The summed E-state index contributed by atoms with van der Waals surface area (Å²) in [4.78, 5) is 21.5. The van der Waals surface area contributed by atoms with Gasteiger partial charge in [0.05, 0.1) is 12.8 Å². The maximum atomic E-state index is 13.6. The minimum atomic E-state index is -4.18. The van der Waals surface area contributed by atoms with Gasteiger partial charge in [0.1, 0.15) is 5.03 Å². The molecule has 1 aliphatic rings. The third kappa shape index (κ3) is 5.52. The van der Waals surface area contributed by atoms with Crippen molar-refractivity contribution in [3.05, 3.63) is 83.1 Å². The molecule has 0 saturated carbocycles. The average molecular weight is 620 g/mol. The second kappa shape index (κ2) is 10.2. The molecule has 2 aromatic heterocycles. The Balaban J connectivity index is 1.40. The van der Waals surface area contributed by atoms with Crippen LogP contribution in [0.5, 0.6) is 0 Å². The zero-order chi connectivity index (χ0) is 27.1. The maximum Gasteiger partial charge on any atom is 0.266 e. The van der Waals surface area contributed by atoms with E-state index in [0.29, 0.717) is 16.5 Å². The first-order valence-electron chi connectivity index (χ1n) is 11.5. The van der Waals surface area contributed by atoms with Gasteiger partial charge in [-0.25, -0.2) is 12.6 Å². The van der Waals surface area contributed by atoms with Crippen molar-refractivity contribution < 1.29 is 25.8 Å². The highest BCUT2D eigenvalue weighted by Gasteiger charge is 2.41. The molecule has 4 aromatic rings. The first kappa shape index (κ1) is 26.5. The smallest absolute Gasteiger partial charge is 0.266 e. The number of amides is 1. The molecule has 1 saturated heterocycles. The lowest BCUT2D eigenvalue weighted by Crippen LogP contribution is -2.57. The third-order valence-electron chi connectivity index (χ3n) is 6.15. The van der Waals surface area contributed by atoms with E-state index in [0.717, 1.165) is 26.2 Å². The number of benzene rings is 2. The number of nitrogens with zero attached hydrogens (tertiary/aromatic N) is 3. The third-order valence-corrected chi connectivity index (χ3v) is 9.03. The van der Waals surface area contributed by atoms with Crippen molar-refractivity contribution in [3.63, 3.8) is 0 Å². The van der Waals surface area contributed by atoms with E-state index in [1.165, 1.54) is 11.0 Å². The number of aromatic nitrogens is 2. The normalized spacial score (nSPS) is 17.1. The molecule has 3 heterocycles. The van der Waals surface area contributed by atoms with Crippen LogP contribution in [0.1, 0.15) is 10.4 Å². The number of hydrogen-bond acceptors (Lipinski definition) is 7. The molecule has 198 valence electrons. The molecular formula is C25H23BrN4O6S2. The van der Waals surface area contributed by atoms with E-state index in [2.05, 4.69) is 25.9 Å². The van der Waals surface area contributed by atoms with Gasteiger partial charge < -0.3 is 9.88 Å². The van der Waals surface area contributed by atoms with Crippen LogP contribution in [0.25, 0.3) is 22.0 Å². The predicted octanol–water partition coefficient (Wildman–Crippen LogP) is 3.44. The highest BCUT2D eigenvalue weighted by molar-refractivity contribution is 9.10. The molecule has 0 bridgehead atoms. The molecule has 38 heavy (non-hydrogen) atoms. The van der Waals surface area contributed by atoms with Gasteiger partial charge in [-0.1, -0.05) is 28.1 Å². The van der Waals surface area contributed by atoms with E-state index in [1.807, 2.05) is 24.3 Å². The van der Waals surface area contributed by atoms with Crippen LogP contribution in [-0.2, 0) is 24.3 Å². The topological polar surface area (TPSA) is 130 Å². The van der Waals surface area contributed by atoms with Gasteiger partial charge in [0, 0.05) is 46.4 Å². The van der Waals surface area contributed by atoms with Gasteiger partial charge in [-0.2, -0.15) is 12.7 Å². The molecule has 1 aliphatic heterocycles. The molecule has 2 aromatic carbocycles. The zero-order valence-electron chi connectivity index (χ0n) is 20.1. The van der Waals surface area contributed by atoms with Crippen molar-refractivity contribution in [2.24, 2.45) is 0 Å². The average Bonchev–Trinajstić information content (AvgIpc) is 3.32. The number of piperazine rings is 1. The van der Waals surface area contributed by atoms with Crippen molar-refractivity contribution in [3.8, 4) is 11.1 Å². The lowest BCUT2D eigenvalue weighted by Gasteiger charge is -2.39. The molecule has 1 amide bonds. The van der Waals surface area contributed by atoms with E-state index < -0.39 is 26.4 Å². The largest absolute Gasteiger partial charge is 0.345 e. The van der Waals surface area contributed by atoms with Gasteiger partial charge in [-0.05, 0) is 59.7 Å². The van der Waals surface area contributed by atoms with Gasteiger partial charge in [0.25, 0.3) is 26.0 Å². The second-order valence-corrected chi connectivity index (χ2v) is 13.2. The molecule has 1 atom stereocenters. The first-order chi connectivity index (χ1) is 18.0. The summed E-state index contributed by atoms with van der Waals surface area (Å²) in [5.41, 5.74) is 2.85. The first-order valence-corrected chi connectivity index (χ1v) is 15.5. The summed E-state index contributed by atoms with van der Waals surface area (Å²) in [6.45, 7) is -0.356. The molecule has 1 N–H and O–H groups in total. The van der Waals surface area contributed by atoms with Gasteiger partial charge >= 0.3 is 0 Å². The Bertz CT molecular complexity index is 1710. The lowest BCUT2D eigenvalue weighted by atomic mass is 10.0. The molecule has 0 radical (unpaired) electrons. The number of sulfonamides is 1. The van der Waals surface area contributed by atoms with Crippen molar-refractivity contribution >= 4 is 52.9 Å². The predicted molar refractivity (Wildman–Crippen MR) is 145 cm³/mol. The fraction of sp³-hybridized carbons (Fsp3) is 0.200. The highest BCUT2D eigenvalue weighted by atomic mass is 79.9. The lowest BCUT2D eigenvalue weighted by molar-refractivity contribution is 0.0147. The molecule has 13 heteroatoms. The van der Waals surface area contributed by atoms with Crippen molar-refractivity contribution in [1.82, 2.24) is 19.2 Å². The van der Waals surface area contributed by atoms with Crippen LogP contribution in [0.15, 0.2) is 82.6 Å². The second-order valence-electron chi connectivity index (χ2n) is 8.80. The highest BCUT2D eigenvalue weighted by Crippen LogP contribution is 2.28. The van der Waals surface area contributed by atoms with E-state index >= 15 is 0 Å². The Labute approximate surface area is 228 Å². The number of nitrogens with one attached hydrogen (secondary N) is 1. The molecule has 0 spiro atoms. The van der Waals surface area contributed by atoms with Crippen LogP contribution in [0.2, 0.25) is 0 Å². The quantitative estimate of drug-likeness (QED) is 0.328. The number of hydrogen-bond donors (Lipinski definition) is 1. The summed E-state index contributed by atoms with van der Waals surface area (Å²) in [6.07, 6.45) is 2.77. The molecule has 1 fully saturated rings. The van der Waals surface area contributed by atoms with E-state index in [1.54, 1.807) is 42.7 Å². The number of pyridine rings is 1. The minimum Gasteiger partial charge on any atom is -0.345 e. The zero-order valence-corrected chi connectivity index (χ0v) is 23.3. The van der Waals surface area contributed by atoms with Crippen LogP contribution >= 0.6 is 15.9 Å². The SMILES string of the molecule is CS(=O)(=O)OC1CN(C(=O)c2ccc(-c3ccncc3)cc2)CCN1S(=O)(=O)c1cc2cc(Br)ccc2[nH]1. The van der Waals surface area contributed by atoms with Gasteiger partial charge in [0.2, 0.25) is 0 Å². The van der Waals surface area contributed by atoms with Crippen molar-refractivity contribution in [1.29, 1.82) is 0 Å². The fourth-order valence-corrected chi connectivity index (χ4v) is 6.86. The van der Waals surface area contributed by atoms with Crippen LogP contribution in [-0.4, -0.2) is 74.0 Å². The molecule has 5 rings (SSSR count). The standard InChI is InChI=1S/C25H23BrN4O6S2/c1-37(32,33)36-24-16-29(25(31)19-4-2-17(3-5-19)18-8-10-27-11-9-18)12-13-30(24)38(34,35)23-15-20-14-21(26)6-7-22(20)28-23/h2-11,14-15,24,28H,12-13,16H2,1H3. The number of fused-ring (bicyclic) bond motifs is 1. The van der Waals surface area contributed by atoms with Crippen LogP contribution < -0.4 is 0 Å². The van der Waals surface area contributed by atoms with Crippen LogP contribution in [0, 0.1) is 0 Å². The Morgan fingerprint density at radius 3 is 2.34 bits per heavy atom. The number of H-pyrrole nitrogens is 1. The summed E-state index contributed by atoms with van der Waals surface area (Å²) in [5, 5.41) is 0.571. The van der Waals surface area contributed by atoms with Crippen LogP contribution in [0.3, 0.4) is 0 Å². The van der Waals surface area contributed by atoms with E-state index in [-0.39, 0.29) is 30.6 Å². The molecular weight excluding hydrogens is 596 g/mol. The summed E-state index contributed by atoms with van der Waals surface area (Å²) in [5.74, 6) is -0.360. The van der Waals surface area contributed by atoms with Gasteiger partial charge in [0.15, 0.2) is 6.23 Å². The Kier molecular flexibility index (Phi) is 7.13. The molecule has 0 aliphatic carbocycles. The molecule has 10 nitrogen and oxygen atoms in total. The van der Waals surface area contributed by atoms with Crippen molar-refractivity contribution in [2.75, 3.05) is 25.9 Å². The maximum absolute atomic E-state index is 13.6. The summed E-state index contributed by atoms with van der Waals surface area (Å²) in [7, 11) is -8.22. The van der Waals surface area contributed by atoms with Gasteiger partial charge in [-0.15, -0.1) is 0 Å². The number of rotatable bonds is 6. The number of aromatic amines is 1. The summed E-state index contributed by atoms with van der Waals surface area (Å²) in [6, 6.07) is 17.4. The summed E-state index contributed by atoms with van der Waals surface area (Å²) < 4.78 is 58.1. The van der Waals surface area contributed by atoms with E-state index in [4.69, 9.17) is 4.18 Å². The number of carbonyl (C=O) groups is 1. The fourth-order valence-electron chi connectivity index (χ4n) is 4.35. The monoisotopic (exact) mass is 618 g/mol. The van der Waals surface area contributed by atoms with Crippen LogP contribution in [0.4, 0.5) is 0 Å². The molecule has 1 unspecified atom stereocenters. The Morgan fingerprint density at radius 1 is 0.974 bits per heavy atom. The summed E-state index contributed by atoms with van der Waals surface area (Å²) >= 11 is 3.37. The van der Waals surface area contributed by atoms with Gasteiger partial charge in [-0.3, -0.25) is 9.78 Å². The number of halogens is 1. The van der Waals surface area contributed by atoms with E-state index in [9.17, 15) is 21.6 Å². The Hall–Kier alpha value is -3.10.